The van der Waals surface area contributed by atoms with E-state index in [1.807, 2.05) is 18.2 Å². The Labute approximate surface area is 111 Å². The molecule has 0 N–H and O–H groups in total. The molecule has 0 amide bonds. The van der Waals surface area contributed by atoms with Crippen LogP contribution < -0.4 is 0 Å². The van der Waals surface area contributed by atoms with Crippen LogP contribution in [-0.2, 0) is 0 Å². The number of carbonyl (C=O) groups excluding carboxylic acids is 1. The average molecular weight is 243 g/mol. The molecule has 0 bridgehead atoms. The minimum atomic E-state index is 0.0629. The lowest BCUT2D eigenvalue weighted by atomic mass is 9.98. The second-order valence-electron chi connectivity index (χ2n) is 4.93. The lowest BCUT2D eigenvalue weighted by Crippen LogP contribution is -1.93. The number of benzene rings is 3. The Morgan fingerprint density at radius 3 is 2.47 bits per heavy atom. The van der Waals surface area contributed by atoms with E-state index < -0.39 is 0 Å². The summed E-state index contributed by atoms with van der Waals surface area (Å²) in [7, 11) is 0. The van der Waals surface area contributed by atoms with Gasteiger partial charge in [-0.05, 0) is 46.0 Å². The maximum Gasteiger partial charge on any atom is 0.160 e. The van der Waals surface area contributed by atoms with Crippen LogP contribution in [0.1, 0.15) is 17.3 Å². The number of hydrogen-bond donors (Lipinski definition) is 0. The molecule has 89 valence electrons. The Morgan fingerprint density at radius 1 is 0.947 bits per heavy atom. The van der Waals surface area contributed by atoms with Crippen LogP contribution in [0, 0.1) is 6.07 Å². The van der Waals surface area contributed by atoms with Gasteiger partial charge in [0.05, 0.1) is 0 Å². The Hall–Kier alpha value is -2.41. The molecule has 0 saturated heterocycles. The van der Waals surface area contributed by atoms with E-state index in [1.165, 1.54) is 22.1 Å². The lowest BCUT2D eigenvalue weighted by Gasteiger charge is -2.04. The predicted molar refractivity (Wildman–Crippen MR) is 77.2 cm³/mol. The van der Waals surface area contributed by atoms with Crippen molar-refractivity contribution in [3.63, 3.8) is 0 Å². The zero-order valence-electron chi connectivity index (χ0n) is 10.5. The van der Waals surface area contributed by atoms with Gasteiger partial charge in [0.1, 0.15) is 0 Å². The van der Waals surface area contributed by atoms with Gasteiger partial charge in [-0.25, -0.2) is 0 Å². The highest BCUT2D eigenvalue weighted by Gasteiger charge is 2.21. The van der Waals surface area contributed by atoms with Crippen LogP contribution in [0.3, 0.4) is 0 Å². The number of ketones is 1. The molecule has 1 radical (unpaired) electrons. The zero-order valence-corrected chi connectivity index (χ0v) is 10.5. The highest BCUT2D eigenvalue weighted by atomic mass is 16.1. The number of rotatable bonds is 1. The fourth-order valence-corrected chi connectivity index (χ4v) is 2.91. The van der Waals surface area contributed by atoms with Gasteiger partial charge in [-0.1, -0.05) is 42.5 Å². The second-order valence-corrected chi connectivity index (χ2v) is 4.93. The molecule has 1 nitrogen and oxygen atoms in total. The van der Waals surface area contributed by atoms with Crippen molar-refractivity contribution in [2.75, 3.05) is 0 Å². The molecule has 0 atom stereocenters. The fraction of sp³-hybridized carbons (Fsp3) is 0.0556. The molecule has 1 heteroatoms. The minimum Gasteiger partial charge on any atom is -0.294 e. The van der Waals surface area contributed by atoms with E-state index in [4.69, 9.17) is 0 Å². The van der Waals surface area contributed by atoms with E-state index in [2.05, 4.69) is 36.4 Å². The van der Waals surface area contributed by atoms with Crippen molar-refractivity contribution < 1.29 is 4.79 Å². The molecule has 0 fully saturated rings. The molecule has 3 aromatic rings. The van der Waals surface area contributed by atoms with E-state index in [-0.39, 0.29) is 5.78 Å². The van der Waals surface area contributed by atoms with E-state index in [0.29, 0.717) is 5.56 Å². The monoisotopic (exact) mass is 243 g/mol. The maximum atomic E-state index is 11.7. The quantitative estimate of drug-likeness (QED) is 0.450. The summed E-state index contributed by atoms with van der Waals surface area (Å²) >= 11 is 0. The molecule has 0 aromatic heterocycles. The van der Waals surface area contributed by atoms with Gasteiger partial charge in [-0.2, -0.15) is 0 Å². The summed E-state index contributed by atoms with van der Waals surface area (Å²) in [5, 5.41) is 2.33. The third-order valence-electron chi connectivity index (χ3n) is 3.77. The third-order valence-corrected chi connectivity index (χ3v) is 3.77. The first kappa shape index (κ1) is 10.5. The highest BCUT2D eigenvalue weighted by Crippen LogP contribution is 2.46. The minimum absolute atomic E-state index is 0.0629. The fourth-order valence-electron chi connectivity index (χ4n) is 2.91. The topological polar surface area (TPSA) is 17.1 Å². The molecule has 0 aliphatic heterocycles. The van der Waals surface area contributed by atoms with Crippen molar-refractivity contribution in [3.8, 4) is 22.3 Å². The molecular weight excluding hydrogens is 232 g/mol. The number of carbonyl (C=O) groups is 1. The van der Waals surface area contributed by atoms with E-state index in [0.717, 1.165) is 10.9 Å². The second kappa shape index (κ2) is 3.55. The van der Waals surface area contributed by atoms with Crippen LogP contribution in [0.4, 0.5) is 0 Å². The summed E-state index contributed by atoms with van der Waals surface area (Å²) in [4.78, 5) is 11.7. The van der Waals surface area contributed by atoms with Gasteiger partial charge in [0.2, 0.25) is 0 Å². The van der Waals surface area contributed by atoms with Gasteiger partial charge in [0, 0.05) is 11.6 Å². The van der Waals surface area contributed by atoms with Crippen molar-refractivity contribution >= 4 is 16.6 Å². The molecule has 4 rings (SSSR count). The van der Waals surface area contributed by atoms with Crippen LogP contribution in [0.5, 0.6) is 0 Å². The van der Waals surface area contributed by atoms with Gasteiger partial charge < -0.3 is 0 Å². The molecule has 1 aliphatic rings. The molecule has 0 unspecified atom stereocenters. The first-order valence-corrected chi connectivity index (χ1v) is 6.35. The van der Waals surface area contributed by atoms with Crippen molar-refractivity contribution in [1.29, 1.82) is 0 Å². The number of hydrogen-bond acceptors (Lipinski definition) is 1. The standard InChI is InChI=1S/C18H11O/c1-11(19)13-9-12-5-4-8-16-14-6-2-3-7-15(14)17(10-13)18(12)16/h2-9H,1H3. The summed E-state index contributed by atoms with van der Waals surface area (Å²) < 4.78 is 0. The Morgan fingerprint density at radius 2 is 1.68 bits per heavy atom. The van der Waals surface area contributed by atoms with Crippen molar-refractivity contribution in [1.82, 2.24) is 0 Å². The summed E-state index contributed by atoms with van der Waals surface area (Å²) in [5.74, 6) is 0.0629. The van der Waals surface area contributed by atoms with Crippen LogP contribution in [0.2, 0.25) is 0 Å². The zero-order chi connectivity index (χ0) is 13.0. The largest absolute Gasteiger partial charge is 0.294 e. The van der Waals surface area contributed by atoms with Gasteiger partial charge in [-0.15, -0.1) is 0 Å². The maximum absolute atomic E-state index is 11.7. The Kier molecular flexibility index (Phi) is 1.96. The van der Waals surface area contributed by atoms with Gasteiger partial charge in [0.25, 0.3) is 0 Å². The third kappa shape index (κ3) is 1.33. The molecule has 3 aromatic carbocycles. The lowest BCUT2D eigenvalue weighted by molar-refractivity contribution is 0.101. The van der Waals surface area contributed by atoms with E-state index in [9.17, 15) is 4.79 Å². The Bertz CT molecular complexity index is 843. The summed E-state index contributed by atoms with van der Waals surface area (Å²) in [5.41, 5.74) is 5.39. The molecule has 1 aliphatic carbocycles. The molecule has 19 heavy (non-hydrogen) atoms. The van der Waals surface area contributed by atoms with Gasteiger partial charge >= 0.3 is 0 Å². The van der Waals surface area contributed by atoms with Crippen LogP contribution in [-0.4, -0.2) is 5.78 Å². The first-order chi connectivity index (χ1) is 9.25. The van der Waals surface area contributed by atoms with Gasteiger partial charge in [-0.3, -0.25) is 4.79 Å². The average Bonchev–Trinajstić information content (AvgIpc) is 2.76. The van der Waals surface area contributed by atoms with Crippen LogP contribution >= 0.6 is 0 Å². The van der Waals surface area contributed by atoms with Crippen molar-refractivity contribution in [3.05, 3.63) is 60.2 Å². The summed E-state index contributed by atoms with van der Waals surface area (Å²) in [6.07, 6.45) is 0. The molecule has 0 saturated carbocycles. The predicted octanol–water partition coefficient (Wildman–Crippen LogP) is 4.49. The molecular formula is C18H11O. The normalized spacial score (nSPS) is 11.6. The number of Topliss-reactive ketones (excluding diaryl/α,β-unsaturated/α-hetero) is 1. The van der Waals surface area contributed by atoms with Crippen molar-refractivity contribution in [2.45, 2.75) is 6.92 Å². The first-order valence-electron chi connectivity index (χ1n) is 6.35. The van der Waals surface area contributed by atoms with Crippen LogP contribution in [0.25, 0.3) is 33.0 Å². The van der Waals surface area contributed by atoms with E-state index in [1.54, 1.807) is 6.92 Å². The molecule has 0 heterocycles. The summed E-state index contributed by atoms with van der Waals surface area (Å²) in [6.45, 7) is 1.59. The van der Waals surface area contributed by atoms with Crippen LogP contribution in [0.15, 0.2) is 48.5 Å². The summed E-state index contributed by atoms with van der Waals surface area (Å²) in [6, 6.07) is 19.8. The SMILES string of the molecule is CC(=O)c1[c]c2c3c(cccc3c1)-c1ccccc1-2. The van der Waals surface area contributed by atoms with Gasteiger partial charge in [0.15, 0.2) is 5.78 Å². The van der Waals surface area contributed by atoms with Crippen molar-refractivity contribution in [2.24, 2.45) is 0 Å². The smallest absolute Gasteiger partial charge is 0.160 e. The highest BCUT2D eigenvalue weighted by molar-refractivity contribution is 6.17. The van der Waals surface area contributed by atoms with E-state index >= 15 is 0 Å². The number of fused-ring (bicyclic) bond motifs is 3. The Balaban J connectivity index is 2.21. The molecule has 0 spiro atoms.